The molecular formula is C22H17F3N4O2S. The molecule has 0 radical (unpaired) electrons. The number of para-hydroxylation sites is 1. The van der Waals surface area contributed by atoms with Gasteiger partial charge in [0.25, 0.3) is 5.91 Å². The van der Waals surface area contributed by atoms with Crippen molar-refractivity contribution in [3.63, 3.8) is 0 Å². The lowest BCUT2D eigenvalue weighted by molar-refractivity contribution is -0.274. The average molecular weight is 458 g/mol. The molecule has 0 saturated carbocycles. The zero-order valence-electron chi connectivity index (χ0n) is 17.0. The number of thiocarbonyl (C=S) groups is 1. The fourth-order valence-electron chi connectivity index (χ4n) is 3.40. The van der Waals surface area contributed by atoms with Crippen LogP contribution in [0.25, 0.3) is 11.8 Å². The first-order valence-electron chi connectivity index (χ1n) is 9.48. The Balaban J connectivity index is 1.62. The van der Waals surface area contributed by atoms with Crippen LogP contribution in [0.2, 0.25) is 0 Å². The van der Waals surface area contributed by atoms with E-state index in [0.29, 0.717) is 5.69 Å². The number of anilines is 1. The second-order valence-corrected chi connectivity index (χ2v) is 7.39. The topological polar surface area (TPSA) is 59.4 Å². The van der Waals surface area contributed by atoms with Crippen molar-refractivity contribution in [3.05, 3.63) is 77.2 Å². The minimum atomic E-state index is -4.79. The number of carbonyl (C=O) groups is 1. The quantitative estimate of drug-likeness (QED) is 0.456. The number of aryl methyl sites for hydroxylation is 1. The first kappa shape index (κ1) is 21.6. The van der Waals surface area contributed by atoms with E-state index >= 15 is 0 Å². The molecule has 0 spiro atoms. The maximum Gasteiger partial charge on any atom is 0.573 e. The molecule has 1 aliphatic rings. The molecule has 4 rings (SSSR count). The highest BCUT2D eigenvalue weighted by molar-refractivity contribution is 7.80. The Morgan fingerprint density at radius 3 is 2.31 bits per heavy atom. The fraction of sp³-hybridized carbons (Fsp3) is 0.136. The molecule has 1 N–H and O–H groups in total. The number of ether oxygens (including phenoxy) is 1. The van der Waals surface area contributed by atoms with Gasteiger partial charge in [-0.25, -0.2) is 4.68 Å². The van der Waals surface area contributed by atoms with Gasteiger partial charge in [0.05, 0.1) is 17.1 Å². The summed E-state index contributed by atoms with van der Waals surface area (Å²) in [6.07, 6.45) is -3.12. The summed E-state index contributed by atoms with van der Waals surface area (Å²) < 4.78 is 42.8. The van der Waals surface area contributed by atoms with Gasteiger partial charge in [-0.3, -0.25) is 9.69 Å². The van der Waals surface area contributed by atoms with Gasteiger partial charge in [0, 0.05) is 11.3 Å². The van der Waals surface area contributed by atoms with Crippen LogP contribution in [0.5, 0.6) is 5.75 Å². The van der Waals surface area contributed by atoms with Crippen molar-refractivity contribution >= 4 is 35.0 Å². The minimum Gasteiger partial charge on any atom is -0.406 e. The smallest absolute Gasteiger partial charge is 0.406 e. The molecule has 1 aliphatic heterocycles. The van der Waals surface area contributed by atoms with Crippen LogP contribution in [0.4, 0.5) is 18.9 Å². The lowest BCUT2D eigenvalue weighted by Gasteiger charge is -2.15. The van der Waals surface area contributed by atoms with E-state index in [2.05, 4.69) is 15.2 Å². The molecule has 3 aromatic rings. The van der Waals surface area contributed by atoms with Gasteiger partial charge in [0.15, 0.2) is 5.11 Å². The van der Waals surface area contributed by atoms with Crippen molar-refractivity contribution in [2.75, 3.05) is 4.90 Å². The third-order valence-corrected chi connectivity index (χ3v) is 5.13. The van der Waals surface area contributed by atoms with Crippen molar-refractivity contribution in [1.29, 1.82) is 0 Å². The highest BCUT2D eigenvalue weighted by atomic mass is 32.1. The lowest BCUT2D eigenvalue weighted by Crippen LogP contribution is -2.30. The number of nitrogens with one attached hydrogen (secondary N) is 1. The van der Waals surface area contributed by atoms with Gasteiger partial charge in [0.2, 0.25) is 0 Å². The summed E-state index contributed by atoms with van der Waals surface area (Å²) in [4.78, 5) is 14.2. The second kappa shape index (κ2) is 8.12. The Bertz CT molecular complexity index is 1220. The van der Waals surface area contributed by atoms with Crippen LogP contribution >= 0.6 is 12.2 Å². The number of alkyl halides is 3. The highest BCUT2D eigenvalue weighted by Crippen LogP contribution is 2.28. The van der Waals surface area contributed by atoms with E-state index in [4.69, 9.17) is 12.2 Å². The zero-order valence-corrected chi connectivity index (χ0v) is 17.8. The van der Waals surface area contributed by atoms with Crippen LogP contribution < -0.4 is 15.0 Å². The van der Waals surface area contributed by atoms with Gasteiger partial charge in [-0.15, -0.1) is 13.2 Å². The summed E-state index contributed by atoms with van der Waals surface area (Å²) >= 11 is 5.28. The van der Waals surface area contributed by atoms with E-state index in [0.717, 1.165) is 34.8 Å². The van der Waals surface area contributed by atoms with Gasteiger partial charge in [0.1, 0.15) is 11.4 Å². The van der Waals surface area contributed by atoms with Crippen LogP contribution in [0.1, 0.15) is 17.0 Å². The fourth-order valence-corrected chi connectivity index (χ4v) is 3.69. The van der Waals surface area contributed by atoms with Crippen molar-refractivity contribution in [1.82, 2.24) is 15.1 Å². The lowest BCUT2D eigenvalue weighted by atomic mass is 10.1. The first-order valence-corrected chi connectivity index (χ1v) is 9.89. The summed E-state index contributed by atoms with van der Waals surface area (Å²) in [5.74, 6) is -0.812. The summed E-state index contributed by atoms with van der Waals surface area (Å²) in [5, 5.41) is 7.56. The number of carbonyl (C=O) groups excluding carboxylic acids is 1. The molecule has 0 unspecified atom stereocenters. The van der Waals surface area contributed by atoms with E-state index in [1.54, 1.807) is 10.8 Å². The third-order valence-electron chi connectivity index (χ3n) is 4.84. The Labute approximate surface area is 186 Å². The van der Waals surface area contributed by atoms with E-state index in [1.807, 2.05) is 44.2 Å². The van der Waals surface area contributed by atoms with E-state index in [-0.39, 0.29) is 16.6 Å². The van der Waals surface area contributed by atoms with E-state index in [9.17, 15) is 18.0 Å². The molecule has 2 heterocycles. The maximum atomic E-state index is 13.0. The van der Waals surface area contributed by atoms with Crippen LogP contribution in [-0.2, 0) is 4.79 Å². The van der Waals surface area contributed by atoms with Crippen LogP contribution in [-0.4, -0.2) is 27.2 Å². The molecular weight excluding hydrogens is 441 g/mol. The number of aromatic nitrogens is 2. The van der Waals surface area contributed by atoms with Gasteiger partial charge in [-0.1, -0.05) is 18.2 Å². The Morgan fingerprint density at radius 1 is 1.03 bits per heavy atom. The normalized spacial score (nSPS) is 15.4. The monoisotopic (exact) mass is 458 g/mol. The number of amides is 1. The summed E-state index contributed by atoms with van der Waals surface area (Å²) in [6.45, 7) is 3.74. The van der Waals surface area contributed by atoms with Crippen LogP contribution in [0, 0.1) is 13.8 Å². The summed E-state index contributed by atoms with van der Waals surface area (Å²) in [5.41, 5.74) is 3.79. The molecule has 1 saturated heterocycles. The zero-order chi connectivity index (χ0) is 23.0. The molecule has 6 nitrogen and oxygen atoms in total. The summed E-state index contributed by atoms with van der Waals surface area (Å²) in [7, 11) is 0. The number of hydrogen-bond donors (Lipinski definition) is 1. The molecule has 0 atom stereocenters. The van der Waals surface area contributed by atoms with Crippen LogP contribution in [0.15, 0.2) is 60.3 Å². The Hall–Kier alpha value is -3.66. The molecule has 1 amide bonds. The molecule has 10 heteroatoms. The van der Waals surface area contributed by atoms with Crippen LogP contribution in [0.3, 0.4) is 0 Å². The molecule has 1 aromatic heterocycles. The standard InChI is InChI=1S/C22H17F3N4O2S/c1-13-18(14(2)29(27-13)16-6-4-3-5-7-16)12-19-20(30)28(21(32)26-19)15-8-10-17(11-9-15)31-22(23,24)25/h3-12H,1-2H3,(H,26,32)/b19-12-. The number of halogens is 3. The predicted molar refractivity (Wildman–Crippen MR) is 117 cm³/mol. The largest absolute Gasteiger partial charge is 0.573 e. The molecule has 1 fully saturated rings. The van der Waals surface area contributed by atoms with E-state index in [1.165, 1.54) is 17.0 Å². The SMILES string of the molecule is Cc1nn(-c2ccccc2)c(C)c1/C=C1\NC(=S)N(c2ccc(OC(F)(F)F)cc2)C1=O. The Kier molecular flexibility index (Phi) is 5.47. The number of nitrogens with zero attached hydrogens (tertiary/aromatic N) is 3. The van der Waals surface area contributed by atoms with Crippen molar-refractivity contribution < 1.29 is 22.7 Å². The molecule has 2 aromatic carbocycles. The molecule has 164 valence electrons. The number of benzene rings is 2. The van der Waals surface area contributed by atoms with Crippen molar-refractivity contribution in [2.45, 2.75) is 20.2 Å². The summed E-state index contributed by atoms with van der Waals surface area (Å²) in [6, 6.07) is 14.5. The average Bonchev–Trinajstić information content (AvgIpc) is 3.18. The van der Waals surface area contributed by atoms with Gasteiger partial charge < -0.3 is 10.1 Å². The van der Waals surface area contributed by atoms with Gasteiger partial charge >= 0.3 is 6.36 Å². The Morgan fingerprint density at radius 2 is 1.69 bits per heavy atom. The first-order chi connectivity index (χ1) is 15.1. The van der Waals surface area contributed by atoms with Gasteiger partial charge in [-0.05, 0) is 68.5 Å². The number of rotatable bonds is 4. The minimum absolute atomic E-state index is 0.122. The number of hydrogen-bond acceptors (Lipinski definition) is 4. The van der Waals surface area contributed by atoms with Gasteiger partial charge in [-0.2, -0.15) is 5.10 Å². The van der Waals surface area contributed by atoms with Crippen molar-refractivity contribution in [2.24, 2.45) is 0 Å². The molecule has 0 bridgehead atoms. The highest BCUT2D eigenvalue weighted by Gasteiger charge is 2.34. The van der Waals surface area contributed by atoms with Crippen molar-refractivity contribution in [3.8, 4) is 11.4 Å². The third kappa shape index (κ3) is 4.22. The molecule has 32 heavy (non-hydrogen) atoms. The predicted octanol–water partition coefficient (Wildman–Crippen LogP) is 4.65. The van der Waals surface area contributed by atoms with E-state index < -0.39 is 12.3 Å². The molecule has 0 aliphatic carbocycles. The second-order valence-electron chi connectivity index (χ2n) is 7.00. The maximum absolute atomic E-state index is 13.0.